The Hall–Kier alpha value is -1.59. The third kappa shape index (κ3) is 3.95. The molecule has 0 saturated heterocycles. The average molecular weight is 305 g/mol. The number of benzene rings is 1. The fourth-order valence-electron chi connectivity index (χ4n) is 2.10. The first-order chi connectivity index (χ1) is 9.94. The van der Waals surface area contributed by atoms with Crippen LogP contribution in [-0.2, 0) is 18.4 Å². The number of nitrogens with zero attached hydrogens (tertiary/aromatic N) is 1. The van der Waals surface area contributed by atoms with E-state index >= 15 is 0 Å². The molecule has 114 valence electrons. The van der Waals surface area contributed by atoms with Crippen LogP contribution in [-0.4, -0.2) is 4.98 Å². The molecule has 21 heavy (non-hydrogen) atoms. The molecule has 0 amide bonds. The maximum atomic E-state index is 6.01. The quantitative estimate of drug-likeness (QED) is 0.650. The molecule has 0 bridgehead atoms. The number of aromatic nitrogens is 1. The van der Waals surface area contributed by atoms with Crippen molar-refractivity contribution < 1.29 is 4.74 Å². The molecule has 5 heteroatoms. The molecular formula is C16H23N3OS. The van der Waals surface area contributed by atoms with Crippen LogP contribution in [0.5, 0.6) is 5.75 Å². The van der Waals surface area contributed by atoms with Gasteiger partial charge < -0.3 is 4.74 Å². The average Bonchev–Trinajstić information content (AvgIpc) is 2.92. The number of ether oxygens (including phenoxy) is 1. The monoisotopic (exact) mass is 305 g/mol. The molecular weight excluding hydrogens is 282 g/mol. The molecule has 3 N–H and O–H groups in total. The SMILES string of the molecule is CCc1ccc(OCc2cnc(NN)s2)c(C(C)(C)C)c1. The number of nitrogens with two attached hydrogens (primary N) is 1. The van der Waals surface area contributed by atoms with Crippen molar-refractivity contribution in [3.8, 4) is 5.75 Å². The first-order valence-electron chi connectivity index (χ1n) is 7.11. The van der Waals surface area contributed by atoms with Crippen LogP contribution in [0.1, 0.15) is 43.7 Å². The molecule has 2 aromatic rings. The topological polar surface area (TPSA) is 60.2 Å². The molecule has 0 aliphatic rings. The lowest BCUT2D eigenvalue weighted by molar-refractivity contribution is 0.300. The van der Waals surface area contributed by atoms with Gasteiger partial charge in [0.05, 0.1) is 4.88 Å². The molecule has 1 heterocycles. The van der Waals surface area contributed by atoms with Gasteiger partial charge in [-0.05, 0) is 29.0 Å². The summed E-state index contributed by atoms with van der Waals surface area (Å²) in [5.41, 5.74) is 5.17. The number of hydrogen-bond acceptors (Lipinski definition) is 5. The van der Waals surface area contributed by atoms with Gasteiger partial charge in [-0.1, -0.05) is 51.2 Å². The summed E-state index contributed by atoms with van der Waals surface area (Å²) in [4.78, 5) is 5.19. The van der Waals surface area contributed by atoms with Crippen molar-refractivity contribution in [2.24, 2.45) is 5.84 Å². The van der Waals surface area contributed by atoms with Crippen molar-refractivity contribution in [2.75, 3.05) is 5.43 Å². The first-order valence-corrected chi connectivity index (χ1v) is 7.93. The van der Waals surface area contributed by atoms with Crippen LogP contribution in [0.25, 0.3) is 0 Å². The summed E-state index contributed by atoms with van der Waals surface area (Å²) < 4.78 is 6.01. The van der Waals surface area contributed by atoms with E-state index in [0.717, 1.165) is 17.0 Å². The Bertz CT molecular complexity index is 602. The first kappa shape index (κ1) is 15.8. The fourth-order valence-corrected chi connectivity index (χ4v) is 2.73. The third-order valence-electron chi connectivity index (χ3n) is 3.31. The lowest BCUT2D eigenvalue weighted by atomic mass is 9.85. The highest BCUT2D eigenvalue weighted by molar-refractivity contribution is 7.15. The number of aryl methyl sites for hydroxylation is 1. The Kier molecular flexibility index (Phi) is 4.85. The Labute approximate surface area is 130 Å². The maximum absolute atomic E-state index is 6.01. The normalized spacial score (nSPS) is 11.5. The van der Waals surface area contributed by atoms with Gasteiger partial charge in [-0.15, -0.1) is 0 Å². The molecule has 1 aromatic carbocycles. The highest BCUT2D eigenvalue weighted by Gasteiger charge is 2.19. The van der Waals surface area contributed by atoms with Crippen LogP contribution < -0.4 is 16.0 Å². The van der Waals surface area contributed by atoms with Crippen LogP contribution in [0.4, 0.5) is 5.13 Å². The van der Waals surface area contributed by atoms with Gasteiger partial charge in [0.15, 0.2) is 5.13 Å². The summed E-state index contributed by atoms with van der Waals surface area (Å²) in [6, 6.07) is 6.45. The molecule has 0 aliphatic heterocycles. The zero-order valence-electron chi connectivity index (χ0n) is 13.1. The second-order valence-corrected chi connectivity index (χ2v) is 7.11. The summed E-state index contributed by atoms with van der Waals surface area (Å²) in [6.07, 6.45) is 2.82. The minimum Gasteiger partial charge on any atom is -0.488 e. The largest absolute Gasteiger partial charge is 0.488 e. The van der Waals surface area contributed by atoms with Crippen molar-refractivity contribution >= 4 is 16.5 Å². The molecule has 0 aliphatic carbocycles. The van der Waals surface area contributed by atoms with Gasteiger partial charge in [0.2, 0.25) is 0 Å². The van der Waals surface area contributed by atoms with Crippen LogP contribution in [0.2, 0.25) is 0 Å². The van der Waals surface area contributed by atoms with E-state index in [1.807, 2.05) is 0 Å². The lowest BCUT2D eigenvalue weighted by Crippen LogP contribution is -2.14. The van der Waals surface area contributed by atoms with E-state index in [2.05, 4.69) is 56.3 Å². The van der Waals surface area contributed by atoms with E-state index in [1.54, 1.807) is 6.20 Å². The summed E-state index contributed by atoms with van der Waals surface area (Å²) >= 11 is 1.50. The molecule has 1 aromatic heterocycles. The van der Waals surface area contributed by atoms with Crippen molar-refractivity contribution in [3.63, 3.8) is 0 Å². The zero-order valence-corrected chi connectivity index (χ0v) is 13.9. The van der Waals surface area contributed by atoms with E-state index < -0.39 is 0 Å². The molecule has 2 rings (SSSR count). The van der Waals surface area contributed by atoms with E-state index in [4.69, 9.17) is 10.6 Å². The minimum atomic E-state index is 0.0538. The Morgan fingerprint density at radius 3 is 2.67 bits per heavy atom. The fraction of sp³-hybridized carbons (Fsp3) is 0.438. The number of anilines is 1. The second kappa shape index (κ2) is 6.45. The van der Waals surface area contributed by atoms with Crippen LogP contribution >= 0.6 is 11.3 Å². The smallest absolute Gasteiger partial charge is 0.197 e. The highest BCUT2D eigenvalue weighted by Crippen LogP contribution is 2.33. The van der Waals surface area contributed by atoms with Gasteiger partial charge in [-0.3, -0.25) is 5.43 Å². The standard InChI is InChI=1S/C16H23N3OS/c1-5-11-6-7-14(13(8-11)16(2,3)4)20-10-12-9-18-15(19-17)21-12/h6-9H,5,10,17H2,1-4H3,(H,18,19). The summed E-state index contributed by atoms with van der Waals surface area (Å²) in [6.45, 7) is 9.29. The van der Waals surface area contributed by atoms with Crippen molar-refractivity contribution in [1.82, 2.24) is 4.98 Å². The van der Waals surface area contributed by atoms with Crippen LogP contribution in [0.15, 0.2) is 24.4 Å². The number of rotatable bonds is 5. The minimum absolute atomic E-state index is 0.0538. The maximum Gasteiger partial charge on any atom is 0.197 e. The molecule has 4 nitrogen and oxygen atoms in total. The summed E-state index contributed by atoms with van der Waals surface area (Å²) in [5, 5.41) is 0.700. The predicted molar refractivity (Wildman–Crippen MR) is 88.8 cm³/mol. The highest BCUT2D eigenvalue weighted by atomic mass is 32.1. The van der Waals surface area contributed by atoms with Gasteiger partial charge in [-0.25, -0.2) is 10.8 Å². The zero-order chi connectivity index (χ0) is 15.5. The molecule has 0 saturated carbocycles. The molecule has 0 radical (unpaired) electrons. The summed E-state index contributed by atoms with van der Waals surface area (Å²) in [5.74, 6) is 6.28. The van der Waals surface area contributed by atoms with Gasteiger partial charge in [0.25, 0.3) is 0 Å². The van der Waals surface area contributed by atoms with E-state index in [9.17, 15) is 0 Å². The number of hydrazine groups is 1. The van der Waals surface area contributed by atoms with Gasteiger partial charge in [0.1, 0.15) is 12.4 Å². The number of hydrogen-bond donors (Lipinski definition) is 2. The van der Waals surface area contributed by atoms with Crippen LogP contribution in [0, 0.1) is 0 Å². The number of nitrogens with one attached hydrogen (secondary N) is 1. The Balaban J connectivity index is 2.19. The number of nitrogen functional groups attached to an aromatic ring is 1. The van der Waals surface area contributed by atoms with Crippen LogP contribution in [0.3, 0.4) is 0 Å². The second-order valence-electron chi connectivity index (χ2n) is 6.00. The van der Waals surface area contributed by atoms with E-state index in [1.165, 1.54) is 22.5 Å². The number of thiazole rings is 1. The molecule has 0 spiro atoms. The molecule has 0 atom stereocenters. The van der Waals surface area contributed by atoms with Crippen molar-refractivity contribution in [3.05, 3.63) is 40.4 Å². The van der Waals surface area contributed by atoms with E-state index in [0.29, 0.717) is 11.7 Å². The third-order valence-corrected chi connectivity index (χ3v) is 4.21. The van der Waals surface area contributed by atoms with Crippen molar-refractivity contribution in [2.45, 2.75) is 46.1 Å². The van der Waals surface area contributed by atoms with E-state index in [-0.39, 0.29) is 5.41 Å². The Morgan fingerprint density at radius 2 is 2.10 bits per heavy atom. The molecule has 0 fully saturated rings. The summed E-state index contributed by atoms with van der Waals surface area (Å²) in [7, 11) is 0. The Morgan fingerprint density at radius 1 is 1.33 bits per heavy atom. The van der Waals surface area contributed by atoms with Crippen molar-refractivity contribution in [1.29, 1.82) is 0 Å². The van der Waals surface area contributed by atoms with Gasteiger partial charge in [0, 0.05) is 6.20 Å². The molecule has 0 unspecified atom stereocenters. The van der Waals surface area contributed by atoms with Gasteiger partial charge >= 0.3 is 0 Å². The van der Waals surface area contributed by atoms with Gasteiger partial charge in [-0.2, -0.15) is 0 Å². The predicted octanol–water partition coefficient (Wildman–Crippen LogP) is 3.87. The lowest BCUT2D eigenvalue weighted by Gasteiger charge is -2.23.